The Morgan fingerprint density at radius 2 is 1.66 bits per heavy atom. The number of amides is 2. The number of anilines is 1. The molecule has 2 amide bonds. The topological polar surface area (TPSA) is 64.7 Å². The molecule has 7 heteroatoms. The SMILES string of the molecule is O=C(CCCNC(=O)c1cccs1)NCCCN1CCN(c2ccccc2)CC1. The molecule has 2 heterocycles. The van der Waals surface area contributed by atoms with Gasteiger partial charge in [-0.05, 0) is 43.0 Å². The zero-order chi connectivity index (χ0) is 20.3. The van der Waals surface area contributed by atoms with E-state index >= 15 is 0 Å². The molecule has 6 nitrogen and oxygen atoms in total. The Labute approximate surface area is 176 Å². The molecule has 1 fully saturated rings. The molecule has 2 aromatic rings. The minimum Gasteiger partial charge on any atom is -0.369 e. The fourth-order valence-electron chi connectivity index (χ4n) is 3.43. The summed E-state index contributed by atoms with van der Waals surface area (Å²) >= 11 is 1.42. The van der Waals surface area contributed by atoms with E-state index in [0.29, 0.717) is 30.8 Å². The molecule has 0 radical (unpaired) electrons. The maximum Gasteiger partial charge on any atom is 0.261 e. The predicted molar refractivity (Wildman–Crippen MR) is 119 cm³/mol. The molecule has 0 bridgehead atoms. The van der Waals surface area contributed by atoms with Gasteiger partial charge in [0.2, 0.25) is 5.91 Å². The number of carbonyl (C=O) groups is 2. The van der Waals surface area contributed by atoms with Crippen LogP contribution in [0.25, 0.3) is 0 Å². The van der Waals surface area contributed by atoms with Gasteiger partial charge in [0.25, 0.3) is 5.91 Å². The molecule has 0 unspecified atom stereocenters. The summed E-state index contributed by atoms with van der Waals surface area (Å²) in [6.07, 6.45) is 2.07. The lowest BCUT2D eigenvalue weighted by molar-refractivity contribution is -0.121. The van der Waals surface area contributed by atoms with Gasteiger partial charge in [-0.2, -0.15) is 0 Å². The second-order valence-corrected chi connectivity index (χ2v) is 8.15. The van der Waals surface area contributed by atoms with E-state index < -0.39 is 0 Å². The number of hydrogen-bond donors (Lipinski definition) is 2. The van der Waals surface area contributed by atoms with Crippen LogP contribution in [0, 0.1) is 0 Å². The van der Waals surface area contributed by atoms with Crippen LogP contribution in [0.4, 0.5) is 5.69 Å². The lowest BCUT2D eigenvalue weighted by atomic mass is 10.2. The molecule has 2 N–H and O–H groups in total. The molecule has 1 saturated heterocycles. The molecule has 3 rings (SSSR count). The first kappa shape index (κ1) is 21.3. The van der Waals surface area contributed by atoms with Crippen LogP contribution in [0.5, 0.6) is 0 Å². The van der Waals surface area contributed by atoms with E-state index in [0.717, 1.165) is 39.1 Å². The standard InChI is InChI=1S/C22H30N4O2S/c27-21(10-4-11-24-22(28)20-9-5-18-29-20)23-12-6-13-25-14-16-26(17-15-25)19-7-2-1-3-8-19/h1-3,5,7-9,18H,4,6,10-17H2,(H,23,27)(H,24,28). The number of hydrogen-bond acceptors (Lipinski definition) is 5. The first-order valence-electron chi connectivity index (χ1n) is 10.3. The minimum atomic E-state index is -0.0623. The van der Waals surface area contributed by atoms with Gasteiger partial charge in [0.05, 0.1) is 4.88 Å². The van der Waals surface area contributed by atoms with Crippen molar-refractivity contribution in [3.63, 3.8) is 0 Å². The van der Waals surface area contributed by atoms with E-state index in [9.17, 15) is 9.59 Å². The van der Waals surface area contributed by atoms with Gasteiger partial charge in [-0.15, -0.1) is 11.3 Å². The summed E-state index contributed by atoms with van der Waals surface area (Å²) in [6, 6.07) is 14.2. The molecule has 0 aliphatic carbocycles. The van der Waals surface area contributed by atoms with Crippen LogP contribution in [0.1, 0.15) is 28.9 Å². The molecule has 1 aromatic heterocycles. The number of nitrogens with one attached hydrogen (secondary N) is 2. The van der Waals surface area contributed by atoms with Gasteiger partial charge in [0.15, 0.2) is 0 Å². The zero-order valence-corrected chi connectivity index (χ0v) is 17.6. The number of thiophene rings is 1. The molecule has 1 aromatic carbocycles. The van der Waals surface area contributed by atoms with Crippen molar-refractivity contribution in [1.82, 2.24) is 15.5 Å². The number of nitrogens with zero attached hydrogens (tertiary/aromatic N) is 2. The summed E-state index contributed by atoms with van der Waals surface area (Å²) in [4.78, 5) is 29.3. The molecule has 0 saturated carbocycles. The van der Waals surface area contributed by atoms with Crippen LogP contribution in [-0.2, 0) is 4.79 Å². The highest BCUT2D eigenvalue weighted by Gasteiger charge is 2.16. The molecule has 1 aliphatic heterocycles. The number of carbonyl (C=O) groups excluding carboxylic acids is 2. The third-order valence-electron chi connectivity index (χ3n) is 5.08. The van der Waals surface area contributed by atoms with Crippen LogP contribution in [0.3, 0.4) is 0 Å². The Bertz CT molecular complexity index is 743. The lowest BCUT2D eigenvalue weighted by Crippen LogP contribution is -2.47. The highest BCUT2D eigenvalue weighted by Crippen LogP contribution is 2.15. The van der Waals surface area contributed by atoms with E-state index in [4.69, 9.17) is 0 Å². The zero-order valence-electron chi connectivity index (χ0n) is 16.8. The van der Waals surface area contributed by atoms with Crippen molar-refractivity contribution in [2.75, 3.05) is 50.7 Å². The van der Waals surface area contributed by atoms with Crippen molar-refractivity contribution in [1.29, 1.82) is 0 Å². The highest BCUT2D eigenvalue weighted by atomic mass is 32.1. The normalized spacial score (nSPS) is 14.6. The summed E-state index contributed by atoms with van der Waals surface area (Å²) in [5.74, 6) is -0.00274. The number of piperazine rings is 1. The van der Waals surface area contributed by atoms with Crippen molar-refractivity contribution in [2.24, 2.45) is 0 Å². The largest absolute Gasteiger partial charge is 0.369 e. The average Bonchev–Trinajstić information content (AvgIpc) is 3.30. The van der Waals surface area contributed by atoms with Crippen LogP contribution < -0.4 is 15.5 Å². The number of para-hydroxylation sites is 1. The second kappa shape index (κ2) is 11.6. The van der Waals surface area contributed by atoms with Crippen molar-refractivity contribution < 1.29 is 9.59 Å². The third kappa shape index (κ3) is 7.18. The van der Waals surface area contributed by atoms with Crippen molar-refractivity contribution in [3.8, 4) is 0 Å². The van der Waals surface area contributed by atoms with Crippen LogP contribution in [0.15, 0.2) is 47.8 Å². The maximum atomic E-state index is 11.9. The van der Waals surface area contributed by atoms with Gasteiger partial charge in [-0.25, -0.2) is 0 Å². The number of rotatable bonds is 10. The third-order valence-corrected chi connectivity index (χ3v) is 5.95. The molecular formula is C22H30N4O2S. The van der Waals surface area contributed by atoms with E-state index in [1.165, 1.54) is 17.0 Å². The molecule has 0 atom stereocenters. The van der Waals surface area contributed by atoms with Gasteiger partial charge in [-0.1, -0.05) is 24.3 Å². The lowest BCUT2D eigenvalue weighted by Gasteiger charge is -2.36. The van der Waals surface area contributed by atoms with Crippen molar-refractivity contribution >= 4 is 28.8 Å². The Balaban J connectivity index is 1.19. The minimum absolute atomic E-state index is 0.0595. The Hall–Kier alpha value is -2.38. The second-order valence-electron chi connectivity index (χ2n) is 7.20. The fourth-order valence-corrected chi connectivity index (χ4v) is 4.07. The van der Waals surface area contributed by atoms with Gasteiger partial charge in [-0.3, -0.25) is 14.5 Å². The van der Waals surface area contributed by atoms with Crippen LogP contribution in [-0.4, -0.2) is 62.5 Å². The Kier molecular flexibility index (Phi) is 8.52. The van der Waals surface area contributed by atoms with Crippen molar-refractivity contribution in [2.45, 2.75) is 19.3 Å². The predicted octanol–water partition coefficient (Wildman–Crippen LogP) is 2.59. The first-order valence-corrected chi connectivity index (χ1v) is 11.2. The Morgan fingerprint density at radius 1 is 0.897 bits per heavy atom. The molecule has 156 valence electrons. The van der Waals surface area contributed by atoms with E-state index in [2.05, 4.69) is 50.8 Å². The summed E-state index contributed by atoms with van der Waals surface area (Å²) in [6.45, 7) is 6.47. The fraction of sp³-hybridized carbons (Fsp3) is 0.455. The molecule has 29 heavy (non-hydrogen) atoms. The van der Waals surface area contributed by atoms with Gasteiger partial charge < -0.3 is 15.5 Å². The summed E-state index contributed by atoms with van der Waals surface area (Å²) < 4.78 is 0. The first-order chi connectivity index (χ1) is 14.2. The smallest absolute Gasteiger partial charge is 0.261 e. The highest BCUT2D eigenvalue weighted by molar-refractivity contribution is 7.12. The molecule has 0 spiro atoms. The summed E-state index contributed by atoms with van der Waals surface area (Å²) in [7, 11) is 0. The number of benzene rings is 1. The van der Waals surface area contributed by atoms with Crippen LogP contribution in [0.2, 0.25) is 0 Å². The van der Waals surface area contributed by atoms with Gasteiger partial charge >= 0.3 is 0 Å². The van der Waals surface area contributed by atoms with Crippen LogP contribution >= 0.6 is 11.3 Å². The molecule has 1 aliphatic rings. The summed E-state index contributed by atoms with van der Waals surface area (Å²) in [5.41, 5.74) is 1.30. The summed E-state index contributed by atoms with van der Waals surface area (Å²) in [5, 5.41) is 7.71. The monoisotopic (exact) mass is 414 g/mol. The Morgan fingerprint density at radius 3 is 2.38 bits per heavy atom. The van der Waals surface area contributed by atoms with E-state index in [1.54, 1.807) is 6.07 Å². The van der Waals surface area contributed by atoms with Gasteiger partial charge in [0.1, 0.15) is 0 Å². The van der Waals surface area contributed by atoms with Crippen molar-refractivity contribution in [3.05, 3.63) is 52.7 Å². The average molecular weight is 415 g/mol. The van der Waals surface area contributed by atoms with E-state index in [-0.39, 0.29) is 11.8 Å². The van der Waals surface area contributed by atoms with Gasteiger partial charge in [0, 0.05) is 51.4 Å². The molecular weight excluding hydrogens is 384 g/mol. The maximum absolute atomic E-state index is 11.9. The quantitative estimate of drug-likeness (QED) is 0.587. The van der Waals surface area contributed by atoms with E-state index in [1.807, 2.05) is 11.4 Å².